The van der Waals surface area contributed by atoms with Crippen LogP contribution in [0.1, 0.15) is 49.1 Å². The first-order chi connectivity index (χ1) is 13.7. The zero-order chi connectivity index (χ0) is 19.8. The Morgan fingerprint density at radius 1 is 0.964 bits per heavy atom. The van der Waals surface area contributed by atoms with E-state index in [1.807, 2.05) is 30.3 Å². The van der Waals surface area contributed by atoms with Crippen molar-refractivity contribution in [3.63, 3.8) is 0 Å². The van der Waals surface area contributed by atoms with E-state index in [4.69, 9.17) is 0 Å². The van der Waals surface area contributed by atoms with Gasteiger partial charge in [-0.15, -0.1) is 0 Å². The van der Waals surface area contributed by atoms with Crippen LogP contribution in [0.2, 0.25) is 0 Å². The summed E-state index contributed by atoms with van der Waals surface area (Å²) in [5.41, 5.74) is 3.43. The van der Waals surface area contributed by atoms with Crippen molar-refractivity contribution in [3.05, 3.63) is 65.7 Å². The Hall–Kier alpha value is -3.08. The molecule has 0 aliphatic heterocycles. The Morgan fingerprint density at radius 2 is 1.68 bits per heavy atom. The number of urea groups is 1. The Balaban J connectivity index is 1.61. The summed E-state index contributed by atoms with van der Waals surface area (Å²) in [6, 6.07) is 15.0. The third-order valence-corrected chi connectivity index (χ3v) is 5.05. The highest BCUT2D eigenvalue weighted by Gasteiger charge is 2.15. The van der Waals surface area contributed by atoms with Crippen LogP contribution >= 0.6 is 0 Å². The normalized spacial score (nSPS) is 14.6. The van der Waals surface area contributed by atoms with E-state index in [0.29, 0.717) is 11.6 Å². The number of amides is 2. The number of hydrogen-bond acceptors (Lipinski definition) is 3. The van der Waals surface area contributed by atoms with Gasteiger partial charge in [-0.25, -0.2) is 9.59 Å². The smallest absolute Gasteiger partial charge is 0.330 e. The van der Waals surface area contributed by atoms with Gasteiger partial charge in [0.1, 0.15) is 0 Å². The summed E-state index contributed by atoms with van der Waals surface area (Å²) in [7, 11) is 1.32. The molecule has 1 saturated carbocycles. The first-order valence-electron chi connectivity index (χ1n) is 9.69. The van der Waals surface area contributed by atoms with Gasteiger partial charge in [0, 0.05) is 17.5 Å². The lowest BCUT2D eigenvalue weighted by molar-refractivity contribution is -0.134. The summed E-state index contributed by atoms with van der Waals surface area (Å²) in [4.78, 5) is 23.7. The molecule has 5 nitrogen and oxygen atoms in total. The first kappa shape index (κ1) is 19.7. The van der Waals surface area contributed by atoms with Crippen molar-refractivity contribution >= 4 is 29.5 Å². The third-order valence-electron chi connectivity index (χ3n) is 5.05. The molecule has 0 unspecified atom stereocenters. The van der Waals surface area contributed by atoms with Crippen molar-refractivity contribution in [1.29, 1.82) is 0 Å². The quantitative estimate of drug-likeness (QED) is 0.528. The maximum atomic E-state index is 12.4. The van der Waals surface area contributed by atoms with E-state index in [-0.39, 0.29) is 6.03 Å². The maximum Gasteiger partial charge on any atom is 0.330 e. The molecule has 0 bridgehead atoms. The van der Waals surface area contributed by atoms with Gasteiger partial charge in [0.15, 0.2) is 0 Å². The SMILES string of the molecule is COC(=O)/C=C/c1ccccc1NC(=O)Nc1ccc(C2CCCCC2)cc1. The summed E-state index contributed by atoms with van der Waals surface area (Å²) < 4.78 is 4.60. The minimum atomic E-state index is -0.447. The number of hydrogen-bond donors (Lipinski definition) is 2. The second-order valence-electron chi connectivity index (χ2n) is 6.98. The number of methoxy groups -OCH3 is 1. The zero-order valence-electron chi connectivity index (χ0n) is 16.1. The lowest BCUT2D eigenvalue weighted by atomic mass is 9.84. The molecule has 146 valence electrons. The summed E-state index contributed by atoms with van der Waals surface area (Å²) in [6.07, 6.45) is 9.38. The van der Waals surface area contributed by atoms with Gasteiger partial charge in [0.05, 0.1) is 7.11 Å². The number of ether oxygens (including phenoxy) is 1. The van der Waals surface area contributed by atoms with E-state index < -0.39 is 5.97 Å². The Kier molecular flexibility index (Phi) is 6.84. The Labute approximate surface area is 165 Å². The fourth-order valence-electron chi connectivity index (χ4n) is 3.54. The number of esters is 1. The molecular weight excluding hydrogens is 352 g/mol. The average Bonchev–Trinajstić information content (AvgIpc) is 2.74. The molecule has 0 spiro atoms. The monoisotopic (exact) mass is 378 g/mol. The van der Waals surface area contributed by atoms with Crippen LogP contribution in [0.5, 0.6) is 0 Å². The number of rotatable bonds is 5. The van der Waals surface area contributed by atoms with Crippen molar-refractivity contribution < 1.29 is 14.3 Å². The molecule has 0 aromatic heterocycles. The number of anilines is 2. The molecule has 2 aromatic rings. The number of carbonyl (C=O) groups is 2. The van der Waals surface area contributed by atoms with Crippen LogP contribution in [-0.4, -0.2) is 19.1 Å². The van der Waals surface area contributed by atoms with Gasteiger partial charge < -0.3 is 15.4 Å². The molecule has 1 aliphatic carbocycles. The lowest BCUT2D eigenvalue weighted by Crippen LogP contribution is -2.20. The largest absolute Gasteiger partial charge is 0.466 e. The first-order valence-corrected chi connectivity index (χ1v) is 9.69. The van der Waals surface area contributed by atoms with Crippen LogP contribution in [0.3, 0.4) is 0 Å². The third kappa shape index (κ3) is 5.46. The Morgan fingerprint density at radius 3 is 2.39 bits per heavy atom. The number of carbonyl (C=O) groups excluding carboxylic acids is 2. The van der Waals surface area contributed by atoms with E-state index in [1.54, 1.807) is 12.1 Å². The standard InChI is InChI=1S/C23H26N2O3/c1-28-22(26)16-13-19-9-5-6-10-21(19)25-23(27)24-20-14-11-18(12-15-20)17-7-3-2-4-8-17/h5-6,9-17H,2-4,7-8H2,1H3,(H2,24,25,27)/b16-13+. The molecule has 2 aromatic carbocycles. The van der Waals surface area contributed by atoms with Gasteiger partial charge in [-0.3, -0.25) is 0 Å². The summed E-state index contributed by atoms with van der Waals surface area (Å²) in [6.45, 7) is 0. The summed E-state index contributed by atoms with van der Waals surface area (Å²) in [5.74, 6) is 0.197. The summed E-state index contributed by atoms with van der Waals surface area (Å²) >= 11 is 0. The maximum absolute atomic E-state index is 12.4. The predicted octanol–water partition coefficient (Wildman–Crippen LogP) is 5.56. The molecule has 0 atom stereocenters. The number of nitrogens with one attached hydrogen (secondary N) is 2. The molecule has 1 aliphatic rings. The van der Waals surface area contributed by atoms with Gasteiger partial charge in [-0.1, -0.05) is 49.6 Å². The van der Waals surface area contributed by atoms with E-state index in [0.717, 1.165) is 11.3 Å². The second kappa shape index (κ2) is 9.74. The van der Waals surface area contributed by atoms with Crippen LogP contribution < -0.4 is 10.6 Å². The van der Waals surface area contributed by atoms with Gasteiger partial charge in [-0.05, 0) is 54.2 Å². The highest BCUT2D eigenvalue weighted by Crippen LogP contribution is 2.33. The van der Waals surface area contributed by atoms with Crippen LogP contribution in [0.15, 0.2) is 54.6 Å². The van der Waals surface area contributed by atoms with Crippen molar-refractivity contribution in [2.75, 3.05) is 17.7 Å². The molecule has 3 rings (SSSR count). The molecule has 2 N–H and O–H groups in total. The molecule has 0 radical (unpaired) electrons. The van der Waals surface area contributed by atoms with Gasteiger partial charge in [0.2, 0.25) is 0 Å². The van der Waals surface area contributed by atoms with Crippen molar-refractivity contribution in [1.82, 2.24) is 0 Å². The summed E-state index contributed by atoms with van der Waals surface area (Å²) in [5, 5.41) is 5.68. The van der Waals surface area contributed by atoms with E-state index in [2.05, 4.69) is 27.5 Å². The van der Waals surface area contributed by atoms with Gasteiger partial charge in [-0.2, -0.15) is 0 Å². The lowest BCUT2D eigenvalue weighted by Gasteiger charge is -2.22. The number of benzene rings is 2. The van der Waals surface area contributed by atoms with Gasteiger partial charge in [0.25, 0.3) is 0 Å². The van der Waals surface area contributed by atoms with Crippen LogP contribution in [0, 0.1) is 0 Å². The van der Waals surface area contributed by atoms with Crippen molar-refractivity contribution in [2.24, 2.45) is 0 Å². The molecule has 2 amide bonds. The minimum absolute atomic E-state index is 0.329. The van der Waals surface area contributed by atoms with Crippen LogP contribution in [-0.2, 0) is 9.53 Å². The zero-order valence-corrected chi connectivity index (χ0v) is 16.1. The van der Waals surface area contributed by atoms with E-state index >= 15 is 0 Å². The van der Waals surface area contributed by atoms with Crippen LogP contribution in [0.4, 0.5) is 16.2 Å². The van der Waals surface area contributed by atoms with Gasteiger partial charge >= 0.3 is 12.0 Å². The van der Waals surface area contributed by atoms with E-state index in [9.17, 15) is 9.59 Å². The molecule has 0 saturated heterocycles. The minimum Gasteiger partial charge on any atom is -0.466 e. The van der Waals surface area contributed by atoms with E-state index in [1.165, 1.54) is 50.9 Å². The topological polar surface area (TPSA) is 67.4 Å². The number of para-hydroxylation sites is 1. The molecular formula is C23H26N2O3. The molecule has 0 heterocycles. The molecule has 28 heavy (non-hydrogen) atoms. The van der Waals surface area contributed by atoms with Crippen molar-refractivity contribution in [3.8, 4) is 0 Å². The average molecular weight is 378 g/mol. The highest BCUT2D eigenvalue weighted by atomic mass is 16.5. The predicted molar refractivity (Wildman–Crippen MR) is 112 cm³/mol. The fraction of sp³-hybridized carbons (Fsp3) is 0.304. The second-order valence-corrected chi connectivity index (χ2v) is 6.98. The fourth-order valence-corrected chi connectivity index (χ4v) is 3.54. The molecule has 1 fully saturated rings. The van der Waals surface area contributed by atoms with Crippen LogP contribution in [0.25, 0.3) is 6.08 Å². The molecule has 5 heteroatoms. The Bertz CT molecular complexity index is 837. The van der Waals surface area contributed by atoms with Crippen molar-refractivity contribution in [2.45, 2.75) is 38.0 Å². The highest BCUT2D eigenvalue weighted by molar-refractivity contribution is 6.01.